The van der Waals surface area contributed by atoms with Crippen LogP contribution in [0.5, 0.6) is 0 Å². The van der Waals surface area contributed by atoms with E-state index >= 15 is 0 Å². The van der Waals surface area contributed by atoms with Crippen LogP contribution in [-0.2, 0) is 9.59 Å². The zero-order valence-corrected chi connectivity index (χ0v) is 16.4. The van der Waals surface area contributed by atoms with Crippen molar-refractivity contribution in [1.29, 1.82) is 0 Å². The molecule has 1 heterocycles. The molecular weight excluding hydrogens is 334 g/mol. The van der Waals surface area contributed by atoms with E-state index in [9.17, 15) is 9.59 Å². The summed E-state index contributed by atoms with van der Waals surface area (Å²) in [5.41, 5.74) is 5.67. The van der Waals surface area contributed by atoms with E-state index in [0.717, 1.165) is 19.3 Å². The maximum absolute atomic E-state index is 12.5. The molecule has 136 valence electrons. The summed E-state index contributed by atoms with van der Waals surface area (Å²) in [4.78, 5) is 26.6. The summed E-state index contributed by atoms with van der Waals surface area (Å²) in [6, 6.07) is -0.340. The number of rotatable bonds is 7. The van der Waals surface area contributed by atoms with E-state index < -0.39 is 0 Å². The van der Waals surface area contributed by atoms with Gasteiger partial charge in [0, 0.05) is 24.8 Å². The third-order valence-corrected chi connectivity index (χ3v) is 4.74. The van der Waals surface area contributed by atoms with Gasteiger partial charge in [0.25, 0.3) is 0 Å². The Morgan fingerprint density at radius 2 is 2.04 bits per heavy atom. The highest BCUT2D eigenvalue weighted by atomic mass is 35.5. The molecule has 0 aromatic rings. The minimum Gasteiger partial charge on any atom is -0.350 e. The van der Waals surface area contributed by atoms with Crippen LogP contribution in [0.25, 0.3) is 0 Å². The molecule has 2 unspecified atom stereocenters. The molecule has 23 heavy (non-hydrogen) atoms. The summed E-state index contributed by atoms with van der Waals surface area (Å²) in [5, 5.41) is 3.02. The van der Waals surface area contributed by atoms with E-state index in [1.807, 2.05) is 20.8 Å². The highest BCUT2D eigenvalue weighted by Crippen LogP contribution is 2.26. The second-order valence-corrected chi connectivity index (χ2v) is 8.20. The van der Waals surface area contributed by atoms with Crippen LogP contribution in [0.3, 0.4) is 0 Å². The number of carbonyl (C=O) groups is 2. The second-order valence-electron chi connectivity index (χ2n) is 7.20. The second kappa shape index (κ2) is 10.4. The van der Waals surface area contributed by atoms with E-state index in [0.29, 0.717) is 24.6 Å². The molecule has 3 N–H and O–H groups in total. The summed E-state index contributed by atoms with van der Waals surface area (Å²) < 4.78 is 0. The molecule has 2 atom stereocenters. The normalized spacial score (nSPS) is 19.2. The average molecular weight is 366 g/mol. The van der Waals surface area contributed by atoms with Crippen LogP contribution in [0.4, 0.5) is 0 Å². The Labute approximate surface area is 150 Å². The van der Waals surface area contributed by atoms with Gasteiger partial charge in [-0.2, -0.15) is 0 Å². The van der Waals surface area contributed by atoms with Gasteiger partial charge in [-0.15, -0.1) is 24.2 Å². The zero-order valence-electron chi connectivity index (χ0n) is 14.8. The molecule has 0 bridgehead atoms. The predicted octanol–water partition coefficient (Wildman–Crippen LogP) is 2.38. The van der Waals surface area contributed by atoms with Gasteiger partial charge in [-0.1, -0.05) is 40.5 Å². The fraction of sp³-hybridized carbons (Fsp3) is 0.875. The minimum absolute atomic E-state index is 0. The monoisotopic (exact) mass is 365 g/mol. The summed E-state index contributed by atoms with van der Waals surface area (Å²) in [6.07, 6.45) is 3.50. The molecule has 1 aliphatic rings. The number of nitrogens with one attached hydrogen (secondary N) is 1. The Balaban J connectivity index is 0.00000484. The number of amides is 2. The highest BCUT2D eigenvalue weighted by Gasteiger charge is 2.36. The van der Waals surface area contributed by atoms with Crippen LogP contribution in [0.1, 0.15) is 53.4 Å². The summed E-state index contributed by atoms with van der Waals surface area (Å²) in [6.45, 7) is 8.69. The zero-order chi connectivity index (χ0) is 16.8. The van der Waals surface area contributed by atoms with E-state index in [2.05, 4.69) is 12.2 Å². The first-order valence-corrected chi connectivity index (χ1v) is 9.31. The summed E-state index contributed by atoms with van der Waals surface area (Å²) in [5.74, 6) is 1.29. The number of unbranched alkanes of at least 4 members (excludes halogenated alkanes) is 1. The van der Waals surface area contributed by atoms with Crippen LogP contribution < -0.4 is 11.1 Å². The molecular formula is C16H32ClN3O2S. The van der Waals surface area contributed by atoms with Crippen molar-refractivity contribution in [2.45, 2.75) is 65.5 Å². The highest BCUT2D eigenvalue weighted by molar-refractivity contribution is 7.99. The SMILES string of the molecule is CCCCC(CN)NC(=O)C1CSCN1C(=O)CC(C)(C)C.Cl. The lowest BCUT2D eigenvalue weighted by Crippen LogP contribution is -2.51. The van der Waals surface area contributed by atoms with Gasteiger partial charge in [0.15, 0.2) is 0 Å². The molecule has 1 saturated heterocycles. The number of halogens is 1. The summed E-state index contributed by atoms with van der Waals surface area (Å²) >= 11 is 1.64. The van der Waals surface area contributed by atoms with Crippen molar-refractivity contribution in [3.05, 3.63) is 0 Å². The number of hydrogen-bond donors (Lipinski definition) is 2. The van der Waals surface area contributed by atoms with Gasteiger partial charge in [-0.05, 0) is 11.8 Å². The van der Waals surface area contributed by atoms with Crippen LogP contribution in [0.15, 0.2) is 0 Å². The van der Waals surface area contributed by atoms with Gasteiger partial charge in [-0.3, -0.25) is 9.59 Å². The Kier molecular flexibility index (Phi) is 10.2. The largest absolute Gasteiger partial charge is 0.350 e. The molecule has 0 aromatic heterocycles. The number of nitrogens with two attached hydrogens (primary N) is 1. The standard InChI is InChI=1S/C16H31N3O2S.ClH/c1-5-6-7-12(9-17)18-15(21)13-10-22-11-19(13)14(20)8-16(2,3)4;/h12-13H,5-11,17H2,1-4H3,(H,18,21);1H. The van der Waals surface area contributed by atoms with Crippen LogP contribution >= 0.6 is 24.2 Å². The lowest BCUT2D eigenvalue weighted by atomic mass is 9.91. The van der Waals surface area contributed by atoms with Crippen LogP contribution in [0.2, 0.25) is 0 Å². The number of nitrogens with zero attached hydrogens (tertiary/aromatic N) is 1. The molecule has 2 amide bonds. The van der Waals surface area contributed by atoms with Gasteiger partial charge in [0.2, 0.25) is 11.8 Å². The fourth-order valence-corrected chi connectivity index (χ4v) is 3.64. The first-order valence-electron chi connectivity index (χ1n) is 8.16. The van der Waals surface area contributed by atoms with Crippen molar-refractivity contribution >= 4 is 36.0 Å². The summed E-state index contributed by atoms with van der Waals surface area (Å²) in [7, 11) is 0. The van der Waals surface area contributed by atoms with E-state index in [-0.39, 0.29) is 41.7 Å². The lowest BCUT2D eigenvalue weighted by Gasteiger charge is -2.28. The molecule has 0 aliphatic carbocycles. The Hall–Kier alpha value is -0.460. The molecule has 0 radical (unpaired) electrons. The first kappa shape index (κ1) is 22.5. The number of carbonyl (C=O) groups excluding carboxylic acids is 2. The van der Waals surface area contributed by atoms with Gasteiger partial charge in [0.1, 0.15) is 6.04 Å². The number of hydrogen-bond acceptors (Lipinski definition) is 4. The lowest BCUT2D eigenvalue weighted by molar-refractivity contribution is -0.139. The van der Waals surface area contributed by atoms with Gasteiger partial charge in [0.05, 0.1) is 5.88 Å². The van der Waals surface area contributed by atoms with Crippen molar-refractivity contribution in [1.82, 2.24) is 10.2 Å². The maximum Gasteiger partial charge on any atom is 0.243 e. The van der Waals surface area contributed by atoms with Crippen molar-refractivity contribution in [3.8, 4) is 0 Å². The molecule has 5 nitrogen and oxygen atoms in total. The topological polar surface area (TPSA) is 75.4 Å². The van der Waals surface area contributed by atoms with Crippen molar-refractivity contribution in [2.75, 3.05) is 18.2 Å². The fourth-order valence-electron chi connectivity index (χ4n) is 2.46. The van der Waals surface area contributed by atoms with Gasteiger partial charge in [-0.25, -0.2) is 0 Å². The average Bonchev–Trinajstić information content (AvgIpc) is 2.90. The third kappa shape index (κ3) is 7.77. The molecule has 0 aromatic carbocycles. The number of thioether (sulfide) groups is 1. The van der Waals surface area contributed by atoms with Gasteiger partial charge < -0.3 is 16.0 Å². The Bertz CT molecular complexity index is 388. The van der Waals surface area contributed by atoms with E-state index in [1.165, 1.54) is 0 Å². The maximum atomic E-state index is 12.5. The van der Waals surface area contributed by atoms with E-state index in [1.54, 1.807) is 16.7 Å². The van der Waals surface area contributed by atoms with Crippen molar-refractivity contribution < 1.29 is 9.59 Å². The molecule has 0 spiro atoms. The van der Waals surface area contributed by atoms with Gasteiger partial charge >= 0.3 is 0 Å². The predicted molar refractivity (Wildman–Crippen MR) is 99.8 cm³/mol. The van der Waals surface area contributed by atoms with Crippen LogP contribution in [-0.4, -0.2) is 47.0 Å². The molecule has 7 heteroatoms. The molecule has 1 aliphatic heterocycles. The minimum atomic E-state index is -0.351. The molecule has 0 saturated carbocycles. The first-order chi connectivity index (χ1) is 10.3. The van der Waals surface area contributed by atoms with Crippen molar-refractivity contribution in [2.24, 2.45) is 11.1 Å². The molecule has 1 fully saturated rings. The van der Waals surface area contributed by atoms with Crippen molar-refractivity contribution in [3.63, 3.8) is 0 Å². The Morgan fingerprint density at radius 1 is 1.39 bits per heavy atom. The van der Waals surface area contributed by atoms with Crippen LogP contribution in [0, 0.1) is 5.41 Å². The molecule has 1 rings (SSSR count). The Morgan fingerprint density at radius 3 is 2.57 bits per heavy atom. The quantitative estimate of drug-likeness (QED) is 0.726. The van der Waals surface area contributed by atoms with E-state index in [4.69, 9.17) is 5.73 Å². The third-order valence-electron chi connectivity index (χ3n) is 3.72. The smallest absolute Gasteiger partial charge is 0.243 e.